The number of nitrogens with zero attached hydrogens (tertiary/aromatic N) is 2. The minimum atomic E-state index is -0.00826. The molecule has 3 rings (SSSR count). The first-order valence-corrected chi connectivity index (χ1v) is 8.79. The Morgan fingerprint density at radius 3 is 3.00 bits per heavy atom. The number of carbonyl (C=O) groups excluding carboxylic acids is 1. The fourth-order valence-corrected chi connectivity index (χ4v) is 3.58. The first-order chi connectivity index (χ1) is 11.3. The van der Waals surface area contributed by atoms with Crippen LogP contribution in [-0.2, 0) is 0 Å². The third-order valence-electron chi connectivity index (χ3n) is 3.98. The quantitative estimate of drug-likeness (QED) is 0.913. The Labute approximate surface area is 140 Å². The van der Waals surface area contributed by atoms with Crippen molar-refractivity contribution in [1.29, 1.82) is 0 Å². The number of thiophene rings is 1. The van der Waals surface area contributed by atoms with Gasteiger partial charge in [-0.2, -0.15) is 0 Å². The molecule has 6 heteroatoms. The van der Waals surface area contributed by atoms with Gasteiger partial charge in [0.05, 0.1) is 12.6 Å². The number of aromatic nitrogens is 1. The lowest BCUT2D eigenvalue weighted by molar-refractivity contribution is 0.184. The highest BCUT2D eigenvalue weighted by molar-refractivity contribution is 7.10. The van der Waals surface area contributed by atoms with Gasteiger partial charge in [0, 0.05) is 30.2 Å². The molecule has 0 aliphatic carbocycles. The summed E-state index contributed by atoms with van der Waals surface area (Å²) >= 11 is 1.68. The van der Waals surface area contributed by atoms with Gasteiger partial charge in [0.25, 0.3) is 0 Å². The van der Waals surface area contributed by atoms with Crippen molar-refractivity contribution >= 4 is 17.4 Å². The zero-order valence-corrected chi connectivity index (χ0v) is 14.0. The van der Waals surface area contributed by atoms with Gasteiger partial charge < -0.3 is 15.0 Å². The summed E-state index contributed by atoms with van der Waals surface area (Å²) in [6.07, 6.45) is 5.20. The Morgan fingerprint density at radius 2 is 2.30 bits per heavy atom. The third kappa shape index (κ3) is 4.01. The van der Waals surface area contributed by atoms with E-state index < -0.39 is 0 Å². The maximum atomic E-state index is 12.5. The van der Waals surface area contributed by atoms with E-state index in [2.05, 4.69) is 23.3 Å². The van der Waals surface area contributed by atoms with Gasteiger partial charge in [0.15, 0.2) is 0 Å². The summed E-state index contributed by atoms with van der Waals surface area (Å²) in [7, 11) is 0. The highest BCUT2D eigenvalue weighted by atomic mass is 32.1. The number of rotatable bonds is 5. The van der Waals surface area contributed by atoms with Gasteiger partial charge in [-0.15, -0.1) is 11.3 Å². The van der Waals surface area contributed by atoms with Gasteiger partial charge in [-0.05, 0) is 30.0 Å². The molecule has 2 amide bonds. The molecule has 0 spiro atoms. The number of nitrogens with one attached hydrogen (secondary N) is 1. The summed E-state index contributed by atoms with van der Waals surface area (Å²) < 4.78 is 5.90. The van der Waals surface area contributed by atoms with Crippen molar-refractivity contribution in [3.05, 3.63) is 46.9 Å². The molecule has 5 nitrogen and oxygen atoms in total. The zero-order valence-electron chi connectivity index (χ0n) is 13.1. The fraction of sp³-hybridized carbons (Fsp3) is 0.412. The van der Waals surface area contributed by atoms with Crippen LogP contribution in [0.1, 0.15) is 30.7 Å². The van der Waals surface area contributed by atoms with Crippen molar-refractivity contribution in [3.8, 4) is 5.75 Å². The second-order valence-corrected chi connectivity index (χ2v) is 6.56. The molecular formula is C17H21N3O2S. The average molecular weight is 331 g/mol. The molecular weight excluding hydrogens is 310 g/mol. The van der Waals surface area contributed by atoms with Crippen LogP contribution < -0.4 is 10.1 Å². The van der Waals surface area contributed by atoms with Gasteiger partial charge >= 0.3 is 6.03 Å². The van der Waals surface area contributed by atoms with Crippen LogP contribution in [0.2, 0.25) is 0 Å². The number of hydrogen-bond acceptors (Lipinski definition) is 4. The molecule has 1 fully saturated rings. The van der Waals surface area contributed by atoms with Crippen LogP contribution >= 0.6 is 11.3 Å². The van der Waals surface area contributed by atoms with Crippen LogP contribution in [0.15, 0.2) is 42.0 Å². The van der Waals surface area contributed by atoms with Crippen LogP contribution in [0.25, 0.3) is 0 Å². The summed E-state index contributed by atoms with van der Waals surface area (Å²) in [6, 6.07) is 7.84. The SMILES string of the molecule is CCC(NC(=O)N1CCC(Oc2ccncc2)C1)c1cccs1. The van der Waals surface area contributed by atoms with Gasteiger partial charge in [-0.25, -0.2) is 4.79 Å². The predicted molar refractivity (Wildman–Crippen MR) is 90.7 cm³/mol. The number of carbonyl (C=O) groups is 1. The number of amides is 2. The summed E-state index contributed by atoms with van der Waals surface area (Å²) in [6.45, 7) is 3.43. The maximum Gasteiger partial charge on any atom is 0.318 e. The zero-order chi connectivity index (χ0) is 16.1. The van der Waals surface area contributed by atoms with Crippen molar-refractivity contribution in [1.82, 2.24) is 15.2 Å². The summed E-state index contributed by atoms with van der Waals surface area (Å²) in [5.41, 5.74) is 0. The number of hydrogen-bond donors (Lipinski definition) is 1. The molecule has 1 aliphatic rings. The molecule has 2 atom stereocenters. The third-order valence-corrected chi connectivity index (χ3v) is 4.96. The summed E-state index contributed by atoms with van der Waals surface area (Å²) in [5, 5.41) is 5.17. The van der Waals surface area contributed by atoms with Crippen LogP contribution in [-0.4, -0.2) is 35.1 Å². The molecule has 1 N–H and O–H groups in total. The first kappa shape index (κ1) is 15.8. The largest absolute Gasteiger partial charge is 0.488 e. The Morgan fingerprint density at radius 1 is 1.48 bits per heavy atom. The van der Waals surface area contributed by atoms with E-state index in [4.69, 9.17) is 4.74 Å². The topological polar surface area (TPSA) is 54.5 Å². The lowest BCUT2D eigenvalue weighted by atomic mass is 10.2. The molecule has 0 bridgehead atoms. The van der Waals surface area contributed by atoms with E-state index in [9.17, 15) is 4.79 Å². The van der Waals surface area contributed by atoms with Crippen LogP contribution in [0, 0.1) is 0 Å². The number of urea groups is 1. The number of pyridine rings is 1. The van der Waals surface area contributed by atoms with Gasteiger partial charge in [-0.1, -0.05) is 13.0 Å². The Hall–Kier alpha value is -2.08. The van der Waals surface area contributed by atoms with Crippen molar-refractivity contribution in [2.45, 2.75) is 31.9 Å². The Balaban J connectivity index is 1.53. The molecule has 1 aliphatic heterocycles. The molecule has 2 aromatic rings. The standard InChI is InChI=1S/C17H21N3O2S/c1-2-15(16-4-3-11-23-16)19-17(21)20-10-7-14(12-20)22-13-5-8-18-9-6-13/h3-6,8-9,11,14-15H,2,7,10,12H2,1H3,(H,19,21). The van der Waals surface area contributed by atoms with E-state index in [1.807, 2.05) is 28.5 Å². The number of likely N-dealkylation sites (tertiary alicyclic amines) is 1. The summed E-state index contributed by atoms with van der Waals surface area (Å²) in [4.78, 5) is 19.5. The first-order valence-electron chi connectivity index (χ1n) is 7.91. The molecule has 3 heterocycles. The van der Waals surface area contributed by atoms with Crippen LogP contribution in [0.3, 0.4) is 0 Å². The van der Waals surface area contributed by atoms with E-state index in [0.717, 1.165) is 25.1 Å². The van der Waals surface area contributed by atoms with E-state index in [1.54, 1.807) is 23.7 Å². The monoisotopic (exact) mass is 331 g/mol. The van der Waals surface area contributed by atoms with E-state index in [1.165, 1.54) is 4.88 Å². The molecule has 23 heavy (non-hydrogen) atoms. The highest BCUT2D eigenvalue weighted by Gasteiger charge is 2.28. The molecule has 2 aromatic heterocycles. The Kier molecular flexibility index (Phi) is 5.12. The highest BCUT2D eigenvalue weighted by Crippen LogP contribution is 2.23. The second-order valence-electron chi connectivity index (χ2n) is 5.58. The Bertz CT molecular complexity index is 618. The molecule has 122 valence electrons. The van der Waals surface area contributed by atoms with Gasteiger partial charge in [-0.3, -0.25) is 4.98 Å². The maximum absolute atomic E-state index is 12.5. The fourth-order valence-electron chi connectivity index (χ4n) is 2.72. The van der Waals surface area contributed by atoms with E-state index >= 15 is 0 Å². The van der Waals surface area contributed by atoms with Crippen LogP contribution in [0.4, 0.5) is 4.79 Å². The predicted octanol–water partition coefficient (Wildman–Crippen LogP) is 3.46. The van der Waals surface area contributed by atoms with Crippen molar-refractivity contribution in [2.75, 3.05) is 13.1 Å². The lowest BCUT2D eigenvalue weighted by Gasteiger charge is -2.22. The molecule has 1 saturated heterocycles. The molecule has 0 saturated carbocycles. The average Bonchev–Trinajstić information content (AvgIpc) is 3.25. The van der Waals surface area contributed by atoms with Crippen LogP contribution in [0.5, 0.6) is 5.75 Å². The molecule has 0 radical (unpaired) electrons. The van der Waals surface area contributed by atoms with Gasteiger partial charge in [0.1, 0.15) is 11.9 Å². The van der Waals surface area contributed by atoms with Crippen molar-refractivity contribution in [3.63, 3.8) is 0 Å². The smallest absolute Gasteiger partial charge is 0.318 e. The van der Waals surface area contributed by atoms with Crippen molar-refractivity contribution < 1.29 is 9.53 Å². The second kappa shape index (κ2) is 7.46. The van der Waals surface area contributed by atoms with Gasteiger partial charge in [0.2, 0.25) is 0 Å². The minimum absolute atomic E-state index is 0.00826. The van der Waals surface area contributed by atoms with Crippen molar-refractivity contribution in [2.24, 2.45) is 0 Å². The van der Waals surface area contributed by atoms with E-state index in [0.29, 0.717) is 6.54 Å². The minimum Gasteiger partial charge on any atom is -0.488 e. The summed E-state index contributed by atoms with van der Waals surface area (Å²) in [5.74, 6) is 0.803. The van der Waals surface area contributed by atoms with E-state index in [-0.39, 0.29) is 18.2 Å². The normalized spacial score (nSPS) is 18.7. The lowest BCUT2D eigenvalue weighted by Crippen LogP contribution is -2.40. The molecule has 0 aromatic carbocycles. The molecule has 2 unspecified atom stereocenters. The number of ether oxygens (including phenoxy) is 1.